The third-order valence-electron chi connectivity index (χ3n) is 5.21. The number of nitrogens with zero attached hydrogens (tertiary/aromatic N) is 3. The van der Waals surface area contributed by atoms with E-state index < -0.39 is 0 Å². The Kier molecular flexibility index (Phi) is 7.52. The van der Waals surface area contributed by atoms with Crippen LogP contribution in [0.5, 0.6) is 0 Å². The Balaban J connectivity index is 1.99. The molecule has 2 aliphatic heterocycles. The molecule has 0 radical (unpaired) electrons. The highest BCUT2D eigenvalue weighted by Gasteiger charge is 2.33. The van der Waals surface area contributed by atoms with Crippen LogP contribution in [0, 0.1) is 5.92 Å². The normalized spacial score (nSPS) is 29.3. The zero-order valence-corrected chi connectivity index (χ0v) is 17.0. The third kappa shape index (κ3) is 5.83. The molecular formula is C19H38N4O2. The smallest absolute Gasteiger partial charge is 0.193 e. The van der Waals surface area contributed by atoms with Crippen LogP contribution in [0.3, 0.4) is 0 Å². The number of hydrogen-bond donors (Lipinski definition) is 1. The first-order valence-electron chi connectivity index (χ1n) is 9.78. The van der Waals surface area contributed by atoms with E-state index in [-0.39, 0.29) is 17.7 Å². The average Bonchev–Trinajstić information content (AvgIpc) is 2.99. The number of rotatable bonds is 6. The number of likely N-dealkylation sites (tertiary alicyclic amines) is 1. The number of nitrogens with one attached hydrogen (secondary N) is 1. The summed E-state index contributed by atoms with van der Waals surface area (Å²) in [5.41, 5.74) is 0.0264. The molecule has 0 saturated carbocycles. The summed E-state index contributed by atoms with van der Waals surface area (Å²) in [7, 11) is 1.79. The van der Waals surface area contributed by atoms with Crippen molar-refractivity contribution in [2.45, 2.75) is 58.8 Å². The van der Waals surface area contributed by atoms with Gasteiger partial charge in [0.25, 0.3) is 0 Å². The highest BCUT2D eigenvalue weighted by atomic mass is 16.5. The van der Waals surface area contributed by atoms with Gasteiger partial charge in [0.1, 0.15) is 0 Å². The predicted molar refractivity (Wildman–Crippen MR) is 103 cm³/mol. The van der Waals surface area contributed by atoms with Crippen molar-refractivity contribution in [3.63, 3.8) is 0 Å². The molecule has 0 aromatic heterocycles. The molecule has 2 aliphatic rings. The molecule has 0 aromatic carbocycles. The second-order valence-electron chi connectivity index (χ2n) is 8.20. The van der Waals surface area contributed by atoms with Gasteiger partial charge in [-0.15, -0.1) is 0 Å². The topological polar surface area (TPSA) is 49.3 Å². The Bertz CT molecular complexity index is 431. The van der Waals surface area contributed by atoms with Crippen LogP contribution in [-0.4, -0.2) is 86.5 Å². The number of ether oxygens (including phenoxy) is 2. The fourth-order valence-electron chi connectivity index (χ4n) is 3.86. The highest BCUT2D eigenvalue weighted by molar-refractivity contribution is 5.80. The Morgan fingerprint density at radius 1 is 1.24 bits per heavy atom. The van der Waals surface area contributed by atoms with E-state index in [0.717, 1.165) is 51.8 Å². The van der Waals surface area contributed by atoms with Gasteiger partial charge in [0.15, 0.2) is 5.96 Å². The molecule has 2 heterocycles. The van der Waals surface area contributed by atoms with E-state index in [9.17, 15) is 0 Å². The molecule has 0 bridgehead atoms. The summed E-state index contributed by atoms with van der Waals surface area (Å²) in [6.07, 6.45) is 1.75. The Morgan fingerprint density at radius 2 is 1.92 bits per heavy atom. The van der Waals surface area contributed by atoms with Crippen molar-refractivity contribution in [1.29, 1.82) is 0 Å². The van der Waals surface area contributed by atoms with Crippen molar-refractivity contribution in [3.05, 3.63) is 0 Å². The molecule has 0 amide bonds. The van der Waals surface area contributed by atoms with E-state index in [2.05, 4.69) is 49.7 Å². The van der Waals surface area contributed by atoms with Gasteiger partial charge in [0.2, 0.25) is 0 Å². The first kappa shape index (κ1) is 20.5. The maximum atomic E-state index is 5.88. The lowest BCUT2D eigenvalue weighted by molar-refractivity contribution is -0.0939. The lowest BCUT2D eigenvalue weighted by atomic mass is 10.0. The second-order valence-corrected chi connectivity index (χ2v) is 8.20. The van der Waals surface area contributed by atoms with Crippen LogP contribution >= 0.6 is 0 Å². The SMILES string of the molecule is CCNC(=NCC(C)(C)N1CC(C)OC(C)C1)N1CCC(COC)C1. The van der Waals surface area contributed by atoms with Crippen molar-refractivity contribution >= 4 is 5.96 Å². The standard InChI is InChI=1S/C19H38N4O2/c1-7-20-18(22-9-8-17(12-22)13-24-6)21-14-19(4,5)23-10-15(2)25-16(3)11-23/h15-17H,7-14H2,1-6H3,(H,20,21). The van der Waals surface area contributed by atoms with Gasteiger partial charge in [-0.2, -0.15) is 0 Å². The minimum Gasteiger partial charge on any atom is -0.384 e. The molecule has 25 heavy (non-hydrogen) atoms. The average molecular weight is 355 g/mol. The molecule has 0 spiro atoms. The molecule has 2 fully saturated rings. The van der Waals surface area contributed by atoms with Gasteiger partial charge < -0.3 is 19.7 Å². The number of guanidine groups is 1. The minimum absolute atomic E-state index is 0.0264. The summed E-state index contributed by atoms with van der Waals surface area (Å²) in [5.74, 6) is 1.66. The first-order valence-corrected chi connectivity index (χ1v) is 9.78. The lowest BCUT2D eigenvalue weighted by Crippen LogP contribution is -2.56. The van der Waals surface area contributed by atoms with E-state index in [0.29, 0.717) is 5.92 Å². The predicted octanol–water partition coefficient (Wildman–Crippen LogP) is 1.81. The number of hydrogen-bond acceptors (Lipinski definition) is 4. The summed E-state index contributed by atoms with van der Waals surface area (Å²) < 4.78 is 11.2. The Morgan fingerprint density at radius 3 is 2.52 bits per heavy atom. The maximum Gasteiger partial charge on any atom is 0.193 e. The van der Waals surface area contributed by atoms with Gasteiger partial charge in [-0.1, -0.05) is 0 Å². The first-order chi connectivity index (χ1) is 11.9. The molecule has 146 valence electrons. The molecule has 6 heteroatoms. The largest absolute Gasteiger partial charge is 0.384 e. The molecule has 1 N–H and O–H groups in total. The second kappa shape index (κ2) is 9.19. The summed E-state index contributed by atoms with van der Waals surface area (Å²) >= 11 is 0. The Hall–Kier alpha value is -0.850. The van der Waals surface area contributed by atoms with Crippen molar-refractivity contribution < 1.29 is 9.47 Å². The van der Waals surface area contributed by atoms with Gasteiger partial charge in [0.05, 0.1) is 25.4 Å². The fraction of sp³-hybridized carbons (Fsp3) is 0.947. The van der Waals surface area contributed by atoms with Crippen LogP contribution in [0.2, 0.25) is 0 Å². The number of aliphatic imine (C=N–C) groups is 1. The molecule has 0 aromatic rings. The van der Waals surface area contributed by atoms with Crippen LogP contribution in [-0.2, 0) is 9.47 Å². The van der Waals surface area contributed by atoms with Crippen LogP contribution in [0.15, 0.2) is 4.99 Å². The van der Waals surface area contributed by atoms with Crippen LogP contribution in [0.1, 0.15) is 41.0 Å². The summed E-state index contributed by atoms with van der Waals surface area (Å²) in [5, 5.41) is 3.47. The third-order valence-corrected chi connectivity index (χ3v) is 5.21. The number of methoxy groups -OCH3 is 1. The molecule has 0 aliphatic carbocycles. The van der Waals surface area contributed by atoms with E-state index >= 15 is 0 Å². The summed E-state index contributed by atoms with van der Waals surface area (Å²) in [6.45, 7) is 17.6. The zero-order chi connectivity index (χ0) is 18.4. The lowest BCUT2D eigenvalue weighted by Gasteiger charge is -2.44. The van der Waals surface area contributed by atoms with E-state index in [1.54, 1.807) is 7.11 Å². The molecule has 3 atom stereocenters. The molecule has 2 rings (SSSR count). The summed E-state index contributed by atoms with van der Waals surface area (Å²) in [4.78, 5) is 9.90. The maximum absolute atomic E-state index is 5.88. The highest BCUT2D eigenvalue weighted by Crippen LogP contribution is 2.22. The van der Waals surface area contributed by atoms with Gasteiger partial charge >= 0.3 is 0 Å². The van der Waals surface area contributed by atoms with E-state index in [4.69, 9.17) is 14.5 Å². The van der Waals surface area contributed by atoms with Crippen molar-refractivity contribution in [2.75, 3.05) is 53.0 Å². The van der Waals surface area contributed by atoms with Gasteiger partial charge in [0, 0.05) is 51.3 Å². The van der Waals surface area contributed by atoms with Gasteiger partial charge in [-0.3, -0.25) is 9.89 Å². The van der Waals surface area contributed by atoms with Crippen LogP contribution in [0.4, 0.5) is 0 Å². The summed E-state index contributed by atoms with van der Waals surface area (Å²) in [6, 6.07) is 0. The molecular weight excluding hydrogens is 316 g/mol. The molecule has 3 unspecified atom stereocenters. The van der Waals surface area contributed by atoms with Crippen molar-refractivity contribution in [2.24, 2.45) is 10.9 Å². The van der Waals surface area contributed by atoms with Crippen molar-refractivity contribution in [3.8, 4) is 0 Å². The van der Waals surface area contributed by atoms with E-state index in [1.165, 1.54) is 6.42 Å². The fourth-order valence-corrected chi connectivity index (χ4v) is 3.86. The van der Waals surface area contributed by atoms with Crippen molar-refractivity contribution in [1.82, 2.24) is 15.1 Å². The van der Waals surface area contributed by atoms with Crippen LogP contribution < -0.4 is 5.32 Å². The molecule has 2 saturated heterocycles. The quantitative estimate of drug-likeness (QED) is 0.582. The minimum atomic E-state index is 0.0264. The van der Waals surface area contributed by atoms with Gasteiger partial charge in [-0.25, -0.2) is 0 Å². The zero-order valence-electron chi connectivity index (χ0n) is 17.0. The van der Waals surface area contributed by atoms with Crippen LogP contribution in [0.25, 0.3) is 0 Å². The number of morpholine rings is 1. The molecule has 6 nitrogen and oxygen atoms in total. The van der Waals surface area contributed by atoms with E-state index in [1.807, 2.05) is 0 Å². The monoisotopic (exact) mass is 354 g/mol. The Labute approximate surface area is 153 Å². The van der Waals surface area contributed by atoms with Gasteiger partial charge in [-0.05, 0) is 41.0 Å².